The van der Waals surface area contributed by atoms with Crippen molar-refractivity contribution in [3.8, 4) is 0 Å². The minimum atomic E-state index is 0.612. The Morgan fingerprint density at radius 1 is 1.27 bits per heavy atom. The van der Waals surface area contributed by atoms with Crippen molar-refractivity contribution in [2.75, 3.05) is 6.54 Å². The van der Waals surface area contributed by atoms with Gasteiger partial charge < -0.3 is 10.6 Å². The second-order valence-corrected chi connectivity index (χ2v) is 4.87. The lowest BCUT2D eigenvalue weighted by Crippen LogP contribution is -2.46. The van der Waals surface area contributed by atoms with Crippen molar-refractivity contribution in [2.45, 2.75) is 58.4 Å². The fourth-order valence-electron chi connectivity index (χ4n) is 2.34. The van der Waals surface area contributed by atoms with Crippen LogP contribution in [0.5, 0.6) is 0 Å². The van der Waals surface area contributed by atoms with Gasteiger partial charge in [-0.25, -0.2) is 0 Å². The molecule has 0 aromatic heterocycles. The molecule has 1 fully saturated rings. The third kappa shape index (κ3) is 4.37. The molecule has 0 heterocycles. The van der Waals surface area contributed by atoms with Crippen molar-refractivity contribution in [1.29, 1.82) is 0 Å². The zero-order valence-corrected chi connectivity index (χ0v) is 10.8. The van der Waals surface area contributed by atoms with E-state index in [-0.39, 0.29) is 0 Å². The Morgan fingerprint density at radius 3 is 2.67 bits per heavy atom. The maximum Gasteiger partial charge on any atom is 0.166 e. The molecule has 15 heavy (non-hydrogen) atoms. The van der Waals surface area contributed by atoms with Crippen LogP contribution in [0.1, 0.15) is 52.4 Å². The minimum absolute atomic E-state index is 0.612. The van der Waals surface area contributed by atoms with Gasteiger partial charge in [-0.2, -0.15) is 0 Å². The van der Waals surface area contributed by atoms with Gasteiger partial charge in [0, 0.05) is 12.6 Å². The standard InChI is InChI=1S/C12H24N2S/c1-3-9-13-12(15)14-11-8-6-5-7-10(11)4-2/h10-11H,3-9H2,1-2H3,(H2,13,14,15). The smallest absolute Gasteiger partial charge is 0.166 e. The summed E-state index contributed by atoms with van der Waals surface area (Å²) in [6.45, 7) is 5.42. The lowest BCUT2D eigenvalue weighted by molar-refractivity contribution is 0.279. The molecule has 0 aromatic rings. The normalized spacial score (nSPS) is 26.0. The zero-order valence-electron chi connectivity index (χ0n) is 10.0. The van der Waals surface area contributed by atoms with E-state index in [0.29, 0.717) is 6.04 Å². The number of hydrogen-bond donors (Lipinski definition) is 2. The molecule has 3 heteroatoms. The summed E-state index contributed by atoms with van der Waals surface area (Å²) in [5.41, 5.74) is 0. The fourth-order valence-corrected chi connectivity index (χ4v) is 2.60. The molecule has 1 aliphatic carbocycles. The fraction of sp³-hybridized carbons (Fsp3) is 0.917. The molecule has 0 aliphatic heterocycles. The topological polar surface area (TPSA) is 24.1 Å². The van der Waals surface area contributed by atoms with Crippen molar-refractivity contribution in [2.24, 2.45) is 5.92 Å². The molecule has 0 bridgehead atoms. The van der Waals surface area contributed by atoms with Crippen LogP contribution in [-0.2, 0) is 0 Å². The maximum absolute atomic E-state index is 5.28. The molecule has 0 amide bonds. The third-order valence-electron chi connectivity index (χ3n) is 3.29. The highest BCUT2D eigenvalue weighted by Crippen LogP contribution is 2.26. The summed E-state index contributed by atoms with van der Waals surface area (Å²) in [5.74, 6) is 0.820. The second-order valence-electron chi connectivity index (χ2n) is 4.46. The van der Waals surface area contributed by atoms with Gasteiger partial charge in [0.25, 0.3) is 0 Å². The van der Waals surface area contributed by atoms with E-state index in [1.807, 2.05) is 0 Å². The highest BCUT2D eigenvalue weighted by Gasteiger charge is 2.23. The highest BCUT2D eigenvalue weighted by atomic mass is 32.1. The Kier molecular flexibility index (Phi) is 5.99. The van der Waals surface area contributed by atoms with E-state index in [4.69, 9.17) is 12.2 Å². The van der Waals surface area contributed by atoms with Crippen LogP contribution in [0.4, 0.5) is 0 Å². The van der Waals surface area contributed by atoms with Crippen LogP contribution in [0.3, 0.4) is 0 Å². The Hall–Kier alpha value is -0.310. The molecular formula is C12H24N2S. The maximum atomic E-state index is 5.28. The number of nitrogens with one attached hydrogen (secondary N) is 2. The van der Waals surface area contributed by atoms with E-state index < -0.39 is 0 Å². The molecule has 0 spiro atoms. The van der Waals surface area contributed by atoms with Crippen LogP contribution in [0.25, 0.3) is 0 Å². The molecule has 2 unspecified atom stereocenters. The molecule has 0 radical (unpaired) electrons. The van der Waals surface area contributed by atoms with Crippen LogP contribution in [0.15, 0.2) is 0 Å². The summed E-state index contributed by atoms with van der Waals surface area (Å²) in [4.78, 5) is 0. The first-order chi connectivity index (χ1) is 7.27. The van der Waals surface area contributed by atoms with Crippen LogP contribution >= 0.6 is 12.2 Å². The first kappa shape index (κ1) is 12.8. The molecule has 2 N–H and O–H groups in total. The lowest BCUT2D eigenvalue weighted by Gasteiger charge is -2.32. The SMILES string of the molecule is CCCNC(=S)NC1CCCCC1CC. The first-order valence-electron chi connectivity index (χ1n) is 6.32. The van der Waals surface area contributed by atoms with Gasteiger partial charge in [0.1, 0.15) is 0 Å². The zero-order chi connectivity index (χ0) is 11.1. The molecule has 0 saturated heterocycles. The van der Waals surface area contributed by atoms with Crippen LogP contribution in [0.2, 0.25) is 0 Å². The van der Waals surface area contributed by atoms with Gasteiger partial charge in [-0.05, 0) is 37.4 Å². The van der Waals surface area contributed by atoms with Gasteiger partial charge in [0.05, 0.1) is 0 Å². The van der Waals surface area contributed by atoms with E-state index in [1.54, 1.807) is 0 Å². The van der Waals surface area contributed by atoms with Gasteiger partial charge in [-0.15, -0.1) is 0 Å². The van der Waals surface area contributed by atoms with Gasteiger partial charge in [-0.3, -0.25) is 0 Å². The Morgan fingerprint density at radius 2 is 2.00 bits per heavy atom. The molecule has 2 atom stereocenters. The van der Waals surface area contributed by atoms with Crippen LogP contribution in [0, 0.1) is 5.92 Å². The average molecular weight is 228 g/mol. The molecule has 1 aliphatic rings. The molecule has 88 valence electrons. The van der Waals surface area contributed by atoms with E-state index in [9.17, 15) is 0 Å². The summed E-state index contributed by atoms with van der Waals surface area (Å²) < 4.78 is 0. The summed E-state index contributed by atoms with van der Waals surface area (Å²) in [7, 11) is 0. The van der Waals surface area contributed by atoms with Crippen molar-refractivity contribution in [1.82, 2.24) is 10.6 Å². The summed E-state index contributed by atoms with van der Waals surface area (Å²) in [5, 5.41) is 7.57. The first-order valence-corrected chi connectivity index (χ1v) is 6.73. The van der Waals surface area contributed by atoms with Crippen molar-refractivity contribution in [3.05, 3.63) is 0 Å². The number of hydrogen-bond acceptors (Lipinski definition) is 1. The molecule has 1 saturated carbocycles. The van der Waals surface area contributed by atoms with Crippen LogP contribution < -0.4 is 10.6 Å². The van der Waals surface area contributed by atoms with Gasteiger partial charge in [0.2, 0.25) is 0 Å². The highest BCUT2D eigenvalue weighted by molar-refractivity contribution is 7.80. The Balaban J connectivity index is 2.30. The average Bonchev–Trinajstić information content (AvgIpc) is 2.27. The second kappa shape index (κ2) is 7.04. The van der Waals surface area contributed by atoms with E-state index in [0.717, 1.165) is 24.0 Å². The van der Waals surface area contributed by atoms with E-state index in [2.05, 4.69) is 24.5 Å². The summed E-state index contributed by atoms with van der Waals surface area (Å²) in [6, 6.07) is 0.612. The molecular weight excluding hydrogens is 204 g/mol. The minimum Gasteiger partial charge on any atom is -0.363 e. The molecule has 2 nitrogen and oxygen atoms in total. The van der Waals surface area contributed by atoms with Gasteiger partial charge in [-0.1, -0.05) is 33.1 Å². The van der Waals surface area contributed by atoms with Crippen molar-refractivity contribution in [3.63, 3.8) is 0 Å². The lowest BCUT2D eigenvalue weighted by atomic mass is 9.83. The Bertz CT molecular complexity index is 194. The summed E-state index contributed by atoms with van der Waals surface area (Å²) in [6.07, 6.45) is 7.80. The van der Waals surface area contributed by atoms with E-state index in [1.165, 1.54) is 32.1 Å². The van der Waals surface area contributed by atoms with Crippen molar-refractivity contribution < 1.29 is 0 Å². The number of rotatable bonds is 4. The van der Waals surface area contributed by atoms with Gasteiger partial charge in [0.15, 0.2) is 5.11 Å². The predicted octanol–water partition coefficient (Wildman–Crippen LogP) is 2.83. The largest absolute Gasteiger partial charge is 0.363 e. The van der Waals surface area contributed by atoms with E-state index >= 15 is 0 Å². The van der Waals surface area contributed by atoms with Crippen LogP contribution in [-0.4, -0.2) is 17.7 Å². The molecule has 0 aromatic carbocycles. The third-order valence-corrected chi connectivity index (χ3v) is 3.55. The van der Waals surface area contributed by atoms with Crippen molar-refractivity contribution >= 4 is 17.3 Å². The summed E-state index contributed by atoms with van der Waals surface area (Å²) >= 11 is 5.28. The quantitative estimate of drug-likeness (QED) is 0.724. The number of thiocarbonyl (C=S) groups is 1. The van der Waals surface area contributed by atoms with Gasteiger partial charge >= 0.3 is 0 Å². The Labute approximate surface area is 99.2 Å². The molecule has 1 rings (SSSR count). The predicted molar refractivity (Wildman–Crippen MR) is 70.1 cm³/mol. The monoisotopic (exact) mass is 228 g/mol.